The minimum Gasteiger partial charge on any atom is -0.480 e. The zero-order valence-corrected chi connectivity index (χ0v) is 10.1. The lowest BCUT2D eigenvalue weighted by Crippen LogP contribution is -2.38. The number of ether oxygens (including phenoxy) is 1. The minimum absolute atomic E-state index is 0.0864. The molecule has 2 rings (SSSR count). The van der Waals surface area contributed by atoms with Crippen molar-refractivity contribution in [1.29, 1.82) is 0 Å². The first-order valence-electron chi connectivity index (χ1n) is 5.79. The van der Waals surface area contributed by atoms with Crippen LogP contribution in [-0.2, 0) is 20.7 Å². The molecule has 5 heteroatoms. The molecule has 1 aliphatic rings. The number of para-hydroxylation sites is 1. The van der Waals surface area contributed by atoms with Crippen LogP contribution >= 0.6 is 0 Å². The third kappa shape index (κ3) is 2.51. The molecule has 0 aliphatic carbocycles. The number of carboxylic acids is 1. The Morgan fingerprint density at radius 1 is 1.39 bits per heavy atom. The number of benzene rings is 1. The SMILES string of the molecule is CC1Cc2ccccc2N1C(=O)COCC(=O)O. The molecule has 5 nitrogen and oxygen atoms in total. The van der Waals surface area contributed by atoms with Gasteiger partial charge in [-0.15, -0.1) is 0 Å². The van der Waals surface area contributed by atoms with E-state index in [1.807, 2.05) is 31.2 Å². The predicted octanol–water partition coefficient (Wildman–Crippen LogP) is 1.07. The lowest BCUT2D eigenvalue weighted by Gasteiger charge is -2.22. The highest BCUT2D eigenvalue weighted by Crippen LogP contribution is 2.31. The summed E-state index contributed by atoms with van der Waals surface area (Å²) in [6.07, 6.45) is 0.820. The second-order valence-corrected chi connectivity index (χ2v) is 4.33. The molecule has 0 saturated carbocycles. The van der Waals surface area contributed by atoms with Gasteiger partial charge in [-0.25, -0.2) is 4.79 Å². The van der Waals surface area contributed by atoms with Crippen molar-refractivity contribution in [2.45, 2.75) is 19.4 Å². The smallest absolute Gasteiger partial charge is 0.329 e. The van der Waals surface area contributed by atoms with E-state index >= 15 is 0 Å². The lowest BCUT2D eigenvalue weighted by atomic mass is 10.1. The van der Waals surface area contributed by atoms with Crippen LogP contribution in [0.2, 0.25) is 0 Å². The summed E-state index contributed by atoms with van der Waals surface area (Å²) in [5.41, 5.74) is 2.03. The van der Waals surface area contributed by atoms with Crippen molar-refractivity contribution in [1.82, 2.24) is 0 Å². The molecule has 1 atom stereocenters. The van der Waals surface area contributed by atoms with Gasteiger partial charge in [-0.2, -0.15) is 0 Å². The van der Waals surface area contributed by atoms with Crippen LogP contribution in [-0.4, -0.2) is 36.2 Å². The summed E-state index contributed by atoms with van der Waals surface area (Å²) < 4.78 is 4.84. The van der Waals surface area contributed by atoms with E-state index in [4.69, 9.17) is 9.84 Å². The number of anilines is 1. The molecule has 0 aromatic heterocycles. The topological polar surface area (TPSA) is 66.8 Å². The van der Waals surface area contributed by atoms with Crippen LogP contribution in [0, 0.1) is 0 Å². The number of rotatable bonds is 4. The third-order valence-corrected chi connectivity index (χ3v) is 2.93. The second kappa shape index (κ2) is 5.18. The van der Waals surface area contributed by atoms with Crippen molar-refractivity contribution < 1.29 is 19.4 Å². The van der Waals surface area contributed by atoms with Crippen LogP contribution in [0.15, 0.2) is 24.3 Å². The van der Waals surface area contributed by atoms with E-state index in [0.29, 0.717) is 0 Å². The monoisotopic (exact) mass is 249 g/mol. The molecule has 1 aromatic carbocycles. The zero-order valence-electron chi connectivity index (χ0n) is 10.1. The molecule has 0 radical (unpaired) electrons. The lowest BCUT2D eigenvalue weighted by molar-refractivity contribution is -0.143. The third-order valence-electron chi connectivity index (χ3n) is 2.93. The summed E-state index contributed by atoms with van der Waals surface area (Å²) in [6.45, 7) is 1.32. The van der Waals surface area contributed by atoms with Gasteiger partial charge >= 0.3 is 5.97 Å². The van der Waals surface area contributed by atoms with Crippen molar-refractivity contribution in [3.63, 3.8) is 0 Å². The maximum absolute atomic E-state index is 12.0. The summed E-state index contributed by atoms with van der Waals surface area (Å²) in [6, 6.07) is 7.81. The Hall–Kier alpha value is -1.88. The van der Waals surface area contributed by atoms with E-state index in [1.54, 1.807) is 4.90 Å². The summed E-state index contributed by atoms with van der Waals surface area (Å²) >= 11 is 0. The van der Waals surface area contributed by atoms with Crippen molar-refractivity contribution in [3.8, 4) is 0 Å². The van der Waals surface area contributed by atoms with E-state index in [2.05, 4.69) is 0 Å². The molecule has 18 heavy (non-hydrogen) atoms. The van der Waals surface area contributed by atoms with E-state index in [0.717, 1.165) is 17.7 Å². The summed E-state index contributed by atoms with van der Waals surface area (Å²) in [7, 11) is 0. The van der Waals surface area contributed by atoms with Gasteiger partial charge in [-0.3, -0.25) is 4.79 Å². The largest absolute Gasteiger partial charge is 0.480 e. The number of carboxylic acid groups (broad SMARTS) is 1. The molecule has 0 fully saturated rings. The van der Waals surface area contributed by atoms with Gasteiger partial charge in [-0.1, -0.05) is 18.2 Å². The van der Waals surface area contributed by atoms with Crippen LogP contribution in [0.1, 0.15) is 12.5 Å². The molecule has 0 bridgehead atoms. The normalized spacial score (nSPS) is 17.6. The van der Waals surface area contributed by atoms with E-state index in [-0.39, 0.29) is 18.6 Å². The molecular formula is C13H15NO4. The van der Waals surface area contributed by atoms with Crippen LogP contribution in [0.25, 0.3) is 0 Å². The number of nitrogens with zero attached hydrogens (tertiary/aromatic N) is 1. The van der Waals surface area contributed by atoms with Crippen LogP contribution in [0.3, 0.4) is 0 Å². The summed E-state index contributed by atoms with van der Waals surface area (Å²) in [5.74, 6) is -1.27. The number of carbonyl (C=O) groups excluding carboxylic acids is 1. The predicted molar refractivity (Wildman–Crippen MR) is 65.5 cm³/mol. The van der Waals surface area contributed by atoms with Gasteiger partial charge in [0.1, 0.15) is 13.2 Å². The van der Waals surface area contributed by atoms with Gasteiger partial charge < -0.3 is 14.7 Å². The van der Waals surface area contributed by atoms with Crippen molar-refractivity contribution in [3.05, 3.63) is 29.8 Å². The van der Waals surface area contributed by atoms with E-state index in [9.17, 15) is 9.59 Å². The molecule has 1 amide bonds. The van der Waals surface area contributed by atoms with Crippen molar-refractivity contribution in [2.24, 2.45) is 0 Å². The summed E-state index contributed by atoms with van der Waals surface area (Å²) in [5, 5.41) is 8.45. The number of hydrogen-bond donors (Lipinski definition) is 1. The Bertz CT molecular complexity index is 472. The number of fused-ring (bicyclic) bond motifs is 1. The van der Waals surface area contributed by atoms with Gasteiger partial charge in [0.25, 0.3) is 5.91 Å². The Labute approximate surface area is 105 Å². The van der Waals surface area contributed by atoms with Gasteiger partial charge in [0.15, 0.2) is 0 Å². The molecule has 1 aliphatic heterocycles. The summed E-state index contributed by atoms with van der Waals surface area (Å²) in [4.78, 5) is 24.0. The molecule has 1 heterocycles. The fourth-order valence-corrected chi connectivity index (χ4v) is 2.24. The Balaban J connectivity index is 2.04. The number of amides is 1. The van der Waals surface area contributed by atoms with E-state index < -0.39 is 12.6 Å². The first-order chi connectivity index (χ1) is 8.59. The quantitative estimate of drug-likeness (QED) is 0.866. The van der Waals surface area contributed by atoms with Crippen LogP contribution in [0.5, 0.6) is 0 Å². The van der Waals surface area contributed by atoms with Crippen molar-refractivity contribution in [2.75, 3.05) is 18.1 Å². The first-order valence-corrected chi connectivity index (χ1v) is 5.79. The van der Waals surface area contributed by atoms with Gasteiger partial charge in [0, 0.05) is 11.7 Å². The van der Waals surface area contributed by atoms with Gasteiger partial charge in [0.2, 0.25) is 0 Å². The highest BCUT2D eigenvalue weighted by molar-refractivity contribution is 5.97. The molecule has 1 aromatic rings. The Morgan fingerprint density at radius 2 is 2.11 bits per heavy atom. The molecule has 96 valence electrons. The average Bonchev–Trinajstić information content (AvgIpc) is 2.64. The number of aliphatic carboxylic acids is 1. The van der Waals surface area contributed by atoms with Crippen LogP contribution < -0.4 is 4.90 Å². The molecule has 1 N–H and O–H groups in total. The molecule has 1 unspecified atom stereocenters. The fourth-order valence-electron chi connectivity index (χ4n) is 2.24. The minimum atomic E-state index is -1.07. The average molecular weight is 249 g/mol. The number of carbonyl (C=O) groups is 2. The fraction of sp³-hybridized carbons (Fsp3) is 0.385. The first kappa shape index (κ1) is 12.6. The van der Waals surface area contributed by atoms with Gasteiger partial charge in [-0.05, 0) is 25.0 Å². The van der Waals surface area contributed by atoms with E-state index in [1.165, 1.54) is 0 Å². The van der Waals surface area contributed by atoms with Gasteiger partial charge in [0.05, 0.1) is 0 Å². The zero-order chi connectivity index (χ0) is 13.1. The number of hydrogen-bond acceptors (Lipinski definition) is 3. The Kier molecular flexibility index (Phi) is 3.62. The maximum Gasteiger partial charge on any atom is 0.329 e. The van der Waals surface area contributed by atoms with Crippen molar-refractivity contribution >= 4 is 17.6 Å². The highest BCUT2D eigenvalue weighted by Gasteiger charge is 2.30. The van der Waals surface area contributed by atoms with Crippen LogP contribution in [0.4, 0.5) is 5.69 Å². The molecular weight excluding hydrogens is 234 g/mol. The molecule has 0 saturated heterocycles. The maximum atomic E-state index is 12.0. The Morgan fingerprint density at radius 3 is 2.83 bits per heavy atom. The second-order valence-electron chi connectivity index (χ2n) is 4.33. The standard InChI is InChI=1S/C13H15NO4/c1-9-6-10-4-2-3-5-11(10)14(9)12(15)7-18-8-13(16)17/h2-5,9H,6-8H2,1H3,(H,16,17). The molecule has 0 spiro atoms. The highest BCUT2D eigenvalue weighted by atomic mass is 16.5.